The van der Waals surface area contributed by atoms with Crippen molar-refractivity contribution in [2.45, 2.75) is 44.9 Å². The molecule has 0 aromatic heterocycles. The predicted molar refractivity (Wildman–Crippen MR) is 83.2 cm³/mol. The molecule has 0 radical (unpaired) electrons. The van der Waals surface area contributed by atoms with Crippen molar-refractivity contribution in [1.29, 1.82) is 0 Å². The molecule has 0 bridgehead atoms. The largest absolute Gasteiger partial charge is 0.493 e. The van der Waals surface area contributed by atoms with Crippen LogP contribution in [0.25, 0.3) is 0 Å². The van der Waals surface area contributed by atoms with Gasteiger partial charge in [0.1, 0.15) is 5.75 Å². The van der Waals surface area contributed by atoms with Crippen LogP contribution in [-0.2, 0) is 14.8 Å². The minimum Gasteiger partial charge on any atom is -0.493 e. The highest BCUT2D eigenvalue weighted by Gasteiger charge is 2.19. The number of sulfonamides is 1. The molecule has 0 fully saturated rings. The average molecular weight is 315 g/mol. The van der Waals surface area contributed by atoms with Crippen LogP contribution in [0.2, 0.25) is 0 Å². The number of nitrogens with two attached hydrogens (primary N) is 1. The van der Waals surface area contributed by atoms with Crippen LogP contribution in [0, 0.1) is 6.92 Å². The first kappa shape index (κ1) is 17.9. The minimum atomic E-state index is -3.73. The molecule has 1 aromatic carbocycles. The van der Waals surface area contributed by atoms with Crippen molar-refractivity contribution in [2.75, 3.05) is 19.8 Å². The van der Waals surface area contributed by atoms with Crippen LogP contribution in [-0.4, -0.2) is 28.2 Å². The molecule has 0 unspecified atom stereocenters. The highest BCUT2D eigenvalue weighted by atomic mass is 32.2. The number of primary sulfonamides is 1. The third-order valence-electron chi connectivity index (χ3n) is 3.13. The van der Waals surface area contributed by atoms with Crippen molar-refractivity contribution < 1.29 is 17.9 Å². The minimum absolute atomic E-state index is 0.0460. The SMILES string of the molecule is CCOCCCOc1cc(C(C)C)c(S(N)(=O)=O)cc1C. The molecule has 0 aliphatic rings. The Labute approximate surface area is 127 Å². The zero-order chi connectivity index (χ0) is 16.0. The molecule has 5 nitrogen and oxygen atoms in total. The van der Waals surface area contributed by atoms with Crippen LogP contribution < -0.4 is 9.88 Å². The lowest BCUT2D eigenvalue weighted by molar-refractivity contribution is 0.130. The summed E-state index contributed by atoms with van der Waals surface area (Å²) in [6.07, 6.45) is 0.793. The summed E-state index contributed by atoms with van der Waals surface area (Å²) in [5.41, 5.74) is 1.45. The van der Waals surface area contributed by atoms with E-state index in [4.69, 9.17) is 14.6 Å². The monoisotopic (exact) mass is 315 g/mol. The van der Waals surface area contributed by atoms with Gasteiger partial charge >= 0.3 is 0 Å². The van der Waals surface area contributed by atoms with Crippen LogP contribution in [0.3, 0.4) is 0 Å². The second kappa shape index (κ2) is 7.77. The van der Waals surface area contributed by atoms with Crippen LogP contribution in [0.15, 0.2) is 17.0 Å². The van der Waals surface area contributed by atoms with E-state index in [-0.39, 0.29) is 10.8 Å². The van der Waals surface area contributed by atoms with Crippen LogP contribution in [0.5, 0.6) is 5.75 Å². The van der Waals surface area contributed by atoms with E-state index in [9.17, 15) is 8.42 Å². The van der Waals surface area contributed by atoms with Crippen LogP contribution in [0.1, 0.15) is 44.2 Å². The van der Waals surface area contributed by atoms with Crippen LogP contribution in [0.4, 0.5) is 0 Å². The Bertz CT molecular complexity index is 567. The molecule has 120 valence electrons. The Morgan fingerprint density at radius 2 is 1.90 bits per heavy atom. The third kappa shape index (κ3) is 5.30. The van der Waals surface area contributed by atoms with Gasteiger partial charge in [-0.15, -0.1) is 0 Å². The van der Waals surface area contributed by atoms with Crippen molar-refractivity contribution >= 4 is 10.0 Å². The zero-order valence-electron chi connectivity index (χ0n) is 13.2. The van der Waals surface area contributed by atoms with Gasteiger partial charge in [-0.25, -0.2) is 13.6 Å². The quantitative estimate of drug-likeness (QED) is 0.748. The van der Waals surface area contributed by atoms with Gasteiger partial charge in [0, 0.05) is 19.6 Å². The summed E-state index contributed by atoms with van der Waals surface area (Å²) < 4.78 is 34.3. The smallest absolute Gasteiger partial charge is 0.238 e. The molecular weight excluding hydrogens is 290 g/mol. The van der Waals surface area contributed by atoms with E-state index in [1.807, 2.05) is 27.7 Å². The zero-order valence-corrected chi connectivity index (χ0v) is 14.0. The Hall–Kier alpha value is -1.11. The summed E-state index contributed by atoms with van der Waals surface area (Å²) in [6.45, 7) is 9.51. The fraction of sp³-hybridized carbons (Fsp3) is 0.600. The van der Waals surface area contributed by atoms with Crippen molar-refractivity contribution in [2.24, 2.45) is 5.14 Å². The summed E-state index contributed by atoms with van der Waals surface area (Å²) in [6, 6.07) is 3.36. The Kier molecular flexibility index (Phi) is 6.64. The number of hydrogen-bond donors (Lipinski definition) is 1. The van der Waals surface area contributed by atoms with E-state index in [2.05, 4.69) is 0 Å². The maximum absolute atomic E-state index is 11.7. The lowest BCUT2D eigenvalue weighted by atomic mass is 10.0. The first-order valence-electron chi connectivity index (χ1n) is 7.15. The van der Waals surface area contributed by atoms with E-state index < -0.39 is 10.0 Å². The number of aryl methyl sites for hydroxylation is 1. The average Bonchev–Trinajstić information content (AvgIpc) is 2.38. The van der Waals surface area contributed by atoms with E-state index >= 15 is 0 Å². The van der Waals surface area contributed by atoms with Gasteiger partial charge in [-0.3, -0.25) is 0 Å². The first-order chi connectivity index (χ1) is 9.77. The predicted octanol–water partition coefficient (Wildman–Crippen LogP) is 2.57. The lowest BCUT2D eigenvalue weighted by Gasteiger charge is -2.16. The Balaban J connectivity index is 2.95. The van der Waals surface area contributed by atoms with Crippen molar-refractivity contribution in [3.63, 3.8) is 0 Å². The highest BCUT2D eigenvalue weighted by molar-refractivity contribution is 7.89. The molecule has 1 rings (SSSR count). The molecule has 0 aliphatic heterocycles. The molecule has 0 aliphatic carbocycles. The molecule has 0 amide bonds. The topological polar surface area (TPSA) is 78.6 Å². The van der Waals surface area contributed by atoms with E-state index in [1.165, 1.54) is 0 Å². The van der Waals surface area contributed by atoms with Gasteiger partial charge in [0.15, 0.2) is 0 Å². The molecule has 6 heteroatoms. The van der Waals surface area contributed by atoms with Gasteiger partial charge < -0.3 is 9.47 Å². The van der Waals surface area contributed by atoms with Gasteiger partial charge in [-0.1, -0.05) is 13.8 Å². The summed E-state index contributed by atoms with van der Waals surface area (Å²) in [7, 11) is -3.73. The molecular formula is C15H25NO4S. The summed E-state index contributed by atoms with van der Waals surface area (Å²) in [5, 5.41) is 5.28. The Morgan fingerprint density at radius 1 is 1.24 bits per heavy atom. The van der Waals surface area contributed by atoms with Gasteiger partial charge in [0.25, 0.3) is 0 Å². The fourth-order valence-electron chi connectivity index (χ4n) is 2.02. The van der Waals surface area contributed by atoms with Crippen molar-refractivity contribution in [3.8, 4) is 5.75 Å². The number of rotatable bonds is 8. The molecule has 0 heterocycles. The third-order valence-corrected chi connectivity index (χ3v) is 4.10. The lowest BCUT2D eigenvalue weighted by Crippen LogP contribution is -2.16. The molecule has 2 N–H and O–H groups in total. The normalized spacial score (nSPS) is 11.9. The molecule has 0 saturated carbocycles. The fourth-order valence-corrected chi connectivity index (χ4v) is 2.98. The molecule has 21 heavy (non-hydrogen) atoms. The molecule has 0 spiro atoms. The van der Waals surface area contributed by atoms with E-state index in [1.54, 1.807) is 12.1 Å². The summed E-state index contributed by atoms with van der Waals surface area (Å²) >= 11 is 0. The molecule has 0 atom stereocenters. The van der Waals surface area contributed by atoms with E-state index in [0.717, 1.165) is 12.0 Å². The highest BCUT2D eigenvalue weighted by Crippen LogP contribution is 2.30. The van der Waals surface area contributed by atoms with Crippen molar-refractivity contribution in [3.05, 3.63) is 23.3 Å². The Morgan fingerprint density at radius 3 is 2.43 bits per heavy atom. The van der Waals surface area contributed by atoms with Gasteiger partial charge in [0.2, 0.25) is 10.0 Å². The maximum Gasteiger partial charge on any atom is 0.238 e. The van der Waals surface area contributed by atoms with E-state index in [0.29, 0.717) is 31.1 Å². The maximum atomic E-state index is 11.7. The standard InChI is InChI=1S/C15H25NO4S/c1-5-19-7-6-8-20-14-10-13(11(2)3)15(9-12(14)4)21(16,17)18/h9-11H,5-8H2,1-4H3,(H2,16,17,18). The van der Waals surface area contributed by atoms with Gasteiger partial charge in [-0.05, 0) is 43.0 Å². The first-order valence-corrected chi connectivity index (χ1v) is 8.69. The summed E-state index contributed by atoms with van der Waals surface area (Å²) in [4.78, 5) is 0.177. The van der Waals surface area contributed by atoms with Crippen LogP contribution >= 0.6 is 0 Å². The van der Waals surface area contributed by atoms with Crippen molar-refractivity contribution in [1.82, 2.24) is 0 Å². The number of benzene rings is 1. The number of hydrogen-bond acceptors (Lipinski definition) is 4. The summed E-state index contributed by atoms with van der Waals surface area (Å²) in [5.74, 6) is 0.743. The molecule has 1 aromatic rings. The van der Waals surface area contributed by atoms with Gasteiger partial charge in [-0.2, -0.15) is 0 Å². The number of ether oxygens (including phenoxy) is 2. The van der Waals surface area contributed by atoms with Gasteiger partial charge in [0.05, 0.1) is 11.5 Å². The second-order valence-corrected chi connectivity index (χ2v) is 6.78. The second-order valence-electron chi connectivity index (χ2n) is 5.25. The molecule has 0 saturated heterocycles.